The van der Waals surface area contributed by atoms with Gasteiger partial charge in [0.1, 0.15) is 0 Å². The minimum atomic E-state index is -0.818. The Labute approximate surface area is 156 Å². The third kappa shape index (κ3) is 3.48. The number of nitrogens with zero attached hydrogens (tertiary/aromatic N) is 2. The van der Waals surface area contributed by atoms with E-state index in [0.29, 0.717) is 19.0 Å². The number of piperidine rings is 1. The summed E-state index contributed by atoms with van der Waals surface area (Å²) in [6, 6.07) is 14.7. The first-order chi connectivity index (χ1) is 12.7. The number of fused-ring (bicyclic) bond motifs is 1. The van der Waals surface area contributed by atoms with Gasteiger partial charge in [0.05, 0.1) is 10.7 Å². The molecule has 1 aliphatic rings. The highest BCUT2D eigenvalue weighted by atomic mass is 32.1. The van der Waals surface area contributed by atoms with Gasteiger partial charge in [-0.3, -0.25) is 0 Å². The van der Waals surface area contributed by atoms with E-state index in [-0.39, 0.29) is 0 Å². The SMILES string of the molecule is O=C(O)N1CCC(c2nc(C=Cc3cccc4ccccc34)cs2)CC1. The molecule has 3 aromatic rings. The molecule has 1 amide bonds. The lowest BCUT2D eigenvalue weighted by Crippen LogP contribution is -2.36. The first-order valence-electron chi connectivity index (χ1n) is 8.80. The molecule has 1 aliphatic heterocycles. The second-order valence-electron chi connectivity index (χ2n) is 6.56. The van der Waals surface area contributed by atoms with Crippen molar-refractivity contribution in [3.05, 3.63) is 64.1 Å². The molecule has 0 unspecified atom stereocenters. The highest BCUT2D eigenvalue weighted by Gasteiger charge is 2.25. The zero-order chi connectivity index (χ0) is 17.9. The van der Waals surface area contributed by atoms with E-state index in [0.717, 1.165) is 23.5 Å². The smallest absolute Gasteiger partial charge is 0.407 e. The molecular weight excluding hydrogens is 344 g/mol. The highest BCUT2D eigenvalue weighted by Crippen LogP contribution is 2.31. The van der Waals surface area contributed by atoms with Crippen molar-refractivity contribution in [1.29, 1.82) is 0 Å². The van der Waals surface area contributed by atoms with Gasteiger partial charge in [-0.15, -0.1) is 11.3 Å². The van der Waals surface area contributed by atoms with Crippen molar-refractivity contribution in [3.63, 3.8) is 0 Å². The Morgan fingerprint density at radius 1 is 1.12 bits per heavy atom. The molecule has 1 N–H and O–H groups in total. The molecule has 1 aromatic heterocycles. The van der Waals surface area contributed by atoms with E-state index < -0.39 is 6.09 Å². The van der Waals surface area contributed by atoms with Gasteiger partial charge in [-0.05, 0) is 35.3 Å². The minimum Gasteiger partial charge on any atom is -0.465 e. The van der Waals surface area contributed by atoms with E-state index >= 15 is 0 Å². The molecule has 0 atom stereocenters. The topological polar surface area (TPSA) is 53.4 Å². The molecule has 5 heteroatoms. The van der Waals surface area contributed by atoms with Crippen molar-refractivity contribution >= 4 is 40.4 Å². The minimum absolute atomic E-state index is 0.371. The Hall–Kier alpha value is -2.66. The van der Waals surface area contributed by atoms with Crippen molar-refractivity contribution in [1.82, 2.24) is 9.88 Å². The maximum absolute atomic E-state index is 11.0. The largest absolute Gasteiger partial charge is 0.465 e. The van der Waals surface area contributed by atoms with Gasteiger partial charge in [0, 0.05) is 24.4 Å². The quantitative estimate of drug-likeness (QED) is 0.684. The van der Waals surface area contributed by atoms with Crippen molar-refractivity contribution in [2.24, 2.45) is 0 Å². The summed E-state index contributed by atoms with van der Waals surface area (Å²) in [5, 5.41) is 14.7. The van der Waals surface area contributed by atoms with Crippen LogP contribution in [0.25, 0.3) is 22.9 Å². The second-order valence-corrected chi connectivity index (χ2v) is 7.45. The van der Waals surface area contributed by atoms with E-state index in [9.17, 15) is 4.79 Å². The van der Waals surface area contributed by atoms with Gasteiger partial charge in [-0.1, -0.05) is 48.5 Å². The summed E-state index contributed by atoms with van der Waals surface area (Å²) in [5.41, 5.74) is 2.16. The van der Waals surface area contributed by atoms with Crippen LogP contribution in [-0.2, 0) is 0 Å². The molecule has 4 nitrogen and oxygen atoms in total. The van der Waals surface area contributed by atoms with Crippen LogP contribution in [-0.4, -0.2) is 34.2 Å². The van der Waals surface area contributed by atoms with Crippen molar-refractivity contribution in [2.75, 3.05) is 13.1 Å². The van der Waals surface area contributed by atoms with Crippen LogP contribution in [0, 0.1) is 0 Å². The predicted molar refractivity (Wildman–Crippen MR) is 107 cm³/mol. The maximum Gasteiger partial charge on any atom is 0.407 e. The second kappa shape index (κ2) is 7.30. The third-order valence-electron chi connectivity index (χ3n) is 4.91. The van der Waals surface area contributed by atoms with Gasteiger partial charge in [0.15, 0.2) is 0 Å². The summed E-state index contributed by atoms with van der Waals surface area (Å²) < 4.78 is 0. The fourth-order valence-electron chi connectivity index (χ4n) is 3.45. The molecule has 0 aliphatic carbocycles. The first-order valence-corrected chi connectivity index (χ1v) is 9.68. The number of carboxylic acid groups (broad SMARTS) is 1. The summed E-state index contributed by atoms with van der Waals surface area (Å²) in [6.07, 6.45) is 5.07. The van der Waals surface area contributed by atoms with Gasteiger partial charge < -0.3 is 10.0 Å². The lowest BCUT2D eigenvalue weighted by atomic mass is 9.98. The number of carbonyl (C=O) groups is 1. The number of aromatic nitrogens is 1. The first kappa shape index (κ1) is 16.8. The number of benzene rings is 2. The van der Waals surface area contributed by atoms with Crippen LogP contribution in [0.4, 0.5) is 4.79 Å². The van der Waals surface area contributed by atoms with Crippen LogP contribution in [0.15, 0.2) is 47.8 Å². The lowest BCUT2D eigenvalue weighted by Gasteiger charge is -2.28. The zero-order valence-corrected chi connectivity index (χ0v) is 15.2. The molecule has 1 saturated heterocycles. The number of hydrogen-bond donors (Lipinski definition) is 1. The highest BCUT2D eigenvalue weighted by molar-refractivity contribution is 7.09. The molecule has 4 rings (SSSR count). The van der Waals surface area contributed by atoms with Crippen molar-refractivity contribution in [2.45, 2.75) is 18.8 Å². The Bertz CT molecular complexity index is 950. The van der Waals surface area contributed by atoms with Gasteiger partial charge in [0.2, 0.25) is 0 Å². The van der Waals surface area contributed by atoms with E-state index in [2.05, 4.69) is 60.0 Å². The average Bonchev–Trinajstić information content (AvgIpc) is 3.15. The monoisotopic (exact) mass is 364 g/mol. The third-order valence-corrected chi connectivity index (χ3v) is 5.94. The van der Waals surface area contributed by atoms with E-state index in [4.69, 9.17) is 10.1 Å². The number of rotatable bonds is 3. The van der Waals surface area contributed by atoms with Crippen LogP contribution >= 0.6 is 11.3 Å². The Morgan fingerprint density at radius 3 is 2.69 bits per heavy atom. The number of amides is 1. The molecule has 2 aromatic carbocycles. The molecule has 26 heavy (non-hydrogen) atoms. The normalized spacial score (nSPS) is 15.8. The number of thiazole rings is 1. The lowest BCUT2D eigenvalue weighted by molar-refractivity contribution is 0.132. The van der Waals surface area contributed by atoms with Crippen molar-refractivity contribution in [3.8, 4) is 0 Å². The fourth-order valence-corrected chi connectivity index (χ4v) is 4.41. The standard InChI is InChI=1S/C21H20N2O2S/c24-21(25)23-12-10-17(11-13-23)20-22-18(14-26-20)9-8-16-6-3-5-15-4-1-2-7-19(15)16/h1-9,14,17H,10-13H2,(H,24,25). The Balaban J connectivity index is 1.48. The average molecular weight is 364 g/mol. The summed E-state index contributed by atoms with van der Waals surface area (Å²) in [4.78, 5) is 17.3. The van der Waals surface area contributed by atoms with E-state index in [1.165, 1.54) is 21.2 Å². The maximum atomic E-state index is 11.0. The summed E-state index contributed by atoms with van der Waals surface area (Å²) >= 11 is 1.68. The molecular formula is C21H20N2O2S. The summed E-state index contributed by atoms with van der Waals surface area (Å²) in [5.74, 6) is 0.371. The van der Waals surface area contributed by atoms with Crippen LogP contribution in [0.2, 0.25) is 0 Å². The zero-order valence-electron chi connectivity index (χ0n) is 14.3. The van der Waals surface area contributed by atoms with Crippen LogP contribution in [0.1, 0.15) is 35.0 Å². The van der Waals surface area contributed by atoms with Crippen LogP contribution in [0.3, 0.4) is 0 Å². The van der Waals surface area contributed by atoms with Gasteiger partial charge in [0.25, 0.3) is 0 Å². The summed E-state index contributed by atoms with van der Waals surface area (Å²) in [7, 11) is 0. The van der Waals surface area contributed by atoms with Crippen LogP contribution < -0.4 is 0 Å². The van der Waals surface area contributed by atoms with Crippen molar-refractivity contribution < 1.29 is 9.90 Å². The fraction of sp³-hybridized carbons (Fsp3) is 0.238. The van der Waals surface area contributed by atoms with Gasteiger partial charge >= 0.3 is 6.09 Å². The predicted octanol–water partition coefficient (Wildman–Crippen LogP) is 5.32. The molecule has 1 fully saturated rings. The van der Waals surface area contributed by atoms with E-state index in [1.807, 2.05) is 0 Å². The van der Waals surface area contributed by atoms with E-state index in [1.54, 1.807) is 11.3 Å². The number of hydrogen-bond acceptors (Lipinski definition) is 3. The summed E-state index contributed by atoms with van der Waals surface area (Å²) in [6.45, 7) is 1.20. The molecule has 2 heterocycles. The van der Waals surface area contributed by atoms with Crippen LogP contribution in [0.5, 0.6) is 0 Å². The Morgan fingerprint density at radius 2 is 1.88 bits per heavy atom. The number of likely N-dealkylation sites (tertiary alicyclic amines) is 1. The molecule has 0 saturated carbocycles. The Kier molecular flexibility index (Phi) is 4.71. The molecule has 132 valence electrons. The van der Waals surface area contributed by atoms with Gasteiger partial charge in [-0.25, -0.2) is 9.78 Å². The van der Waals surface area contributed by atoms with Gasteiger partial charge in [-0.2, -0.15) is 0 Å². The molecule has 0 spiro atoms. The molecule has 0 bridgehead atoms. The molecule has 0 radical (unpaired) electrons.